The molecule has 0 spiro atoms. The second-order valence-electron chi connectivity index (χ2n) is 4.62. The van der Waals surface area contributed by atoms with Crippen molar-refractivity contribution in [3.8, 4) is 12.3 Å². The second kappa shape index (κ2) is 7.39. The van der Waals surface area contributed by atoms with Crippen LogP contribution in [0.4, 0.5) is 4.79 Å². The fourth-order valence-electron chi connectivity index (χ4n) is 1.78. The molecule has 0 fully saturated rings. The molecule has 3 nitrogen and oxygen atoms in total. The highest BCUT2D eigenvalue weighted by molar-refractivity contribution is 5.74. The zero-order valence-corrected chi connectivity index (χ0v) is 10.9. The lowest BCUT2D eigenvalue weighted by Gasteiger charge is -2.21. The summed E-state index contributed by atoms with van der Waals surface area (Å²) in [5.74, 6) is 2.88. The molecule has 1 aromatic rings. The van der Waals surface area contributed by atoms with E-state index in [9.17, 15) is 4.79 Å². The SMILES string of the molecule is C#CCNC(=O)NC(CC(C)C)c1ccccc1. The average Bonchev–Trinajstić information content (AvgIpc) is 2.36. The lowest BCUT2D eigenvalue weighted by atomic mass is 9.97. The van der Waals surface area contributed by atoms with E-state index in [2.05, 4.69) is 30.4 Å². The molecular weight excluding hydrogens is 224 g/mol. The molecule has 0 saturated heterocycles. The predicted octanol–water partition coefficient (Wildman–Crippen LogP) is 2.71. The fraction of sp³-hybridized carbons (Fsp3) is 0.400. The Balaban J connectivity index is 2.68. The van der Waals surface area contributed by atoms with Crippen molar-refractivity contribution in [1.29, 1.82) is 0 Å². The largest absolute Gasteiger partial charge is 0.331 e. The lowest BCUT2D eigenvalue weighted by molar-refractivity contribution is 0.236. The first kappa shape index (κ1) is 14.1. The minimum absolute atomic E-state index is 0.0176. The number of hydrogen-bond donors (Lipinski definition) is 2. The average molecular weight is 244 g/mol. The van der Waals surface area contributed by atoms with Crippen molar-refractivity contribution in [1.82, 2.24) is 10.6 Å². The highest BCUT2D eigenvalue weighted by Crippen LogP contribution is 2.20. The first-order valence-electron chi connectivity index (χ1n) is 6.16. The summed E-state index contributed by atoms with van der Waals surface area (Å²) in [6, 6.07) is 9.76. The molecule has 96 valence electrons. The molecule has 0 bridgehead atoms. The number of carbonyl (C=O) groups is 1. The van der Waals surface area contributed by atoms with Gasteiger partial charge < -0.3 is 10.6 Å². The van der Waals surface area contributed by atoms with E-state index in [0.29, 0.717) is 5.92 Å². The summed E-state index contributed by atoms with van der Waals surface area (Å²) in [6.07, 6.45) is 6.00. The van der Waals surface area contributed by atoms with Gasteiger partial charge in [-0.2, -0.15) is 0 Å². The Morgan fingerprint density at radius 2 is 2.00 bits per heavy atom. The molecule has 0 heterocycles. The molecule has 1 atom stereocenters. The van der Waals surface area contributed by atoms with Crippen molar-refractivity contribution < 1.29 is 4.79 Å². The van der Waals surface area contributed by atoms with Crippen LogP contribution in [0.15, 0.2) is 30.3 Å². The minimum Gasteiger partial charge on any atom is -0.331 e. The van der Waals surface area contributed by atoms with Crippen molar-refractivity contribution in [2.45, 2.75) is 26.3 Å². The van der Waals surface area contributed by atoms with Gasteiger partial charge in [0.25, 0.3) is 0 Å². The molecule has 18 heavy (non-hydrogen) atoms. The summed E-state index contributed by atoms with van der Waals surface area (Å²) in [5.41, 5.74) is 1.11. The van der Waals surface area contributed by atoms with E-state index in [1.165, 1.54) is 0 Å². The predicted molar refractivity (Wildman–Crippen MR) is 74.0 cm³/mol. The van der Waals surface area contributed by atoms with Crippen LogP contribution in [0.3, 0.4) is 0 Å². The normalized spacial score (nSPS) is 11.7. The van der Waals surface area contributed by atoms with Crippen LogP contribution in [0.1, 0.15) is 31.9 Å². The van der Waals surface area contributed by atoms with E-state index in [-0.39, 0.29) is 18.6 Å². The zero-order valence-electron chi connectivity index (χ0n) is 10.9. The van der Waals surface area contributed by atoms with E-state index in [1.54, 1.807) is 0 Å². The molecule has 2 N–H and O–H groups in total. The number of benzene rings is 1. The van der Waals surface area contributed by atoms with Crippen molar-refractivity contribution in [2.24, 2.45) is 5.92 Å². The Bertz CT molecular complexity index is 406. The van der Waals surface area contributed by atoms with Gasteiger partial charge in [0.2, 0.25) is 0 Å². The number of hydrogen-bond acceptors (Lipinski definition) is 1. The molecule has 1 aromatic carbocycles. The van der Waals surface area contributed by atoms with Gasteiger partial charge in [-0.1, -0.05) is 50.1 Å². The van der Waals surface area contributed by atoms with Crippen LogP contribution in [0.5, 0.6) is 0 Å². The van der Waals surface area contributed by atoms with Crippen LogP contribution in [-0.4, -0.2) is 12.6 Å². The number of urea groups is 1. The van der Waals surface area contributed by atoms with Crippen molar-refractivity contribution in [2.75, 3.05) is 6.54 Å². The van der Waals surface area contributed by atoms with Crippen molar-refractivity contribution >= 4 is 6.03 Å². The summed E-state index contributed by atoms with van der Waals surface area (Å²) in [4.78, 5) is 11.6. The maximum absolute atomic E-state index is 11.6. The van der Waals surface area contributed by atoms with Gasteiger partial charge in [0.05, 0.1) is 12.6 Å². The molecule has 3 heteroatoms. The molecular formula is C15H20N2O. The Kier molecular flexibility index (Phi) is 5.79. The molecule has 0 radical (unpaired) electrons. The summed E-state index contributed by atoms with van der Waals surface area (Å²) < 4.78 is 0. The summed E-state index contributed by atoms with van der Waals surface area (Å²) in [5, 5.41) is 5.57. The van der Waals surface area contributed by atoms with E-state index in [4.69, 9.17) is 6.42 Å². The third kappa shape index (κ3) is 4.92. The monoisotopic (exact) mass is 244 g/mol. The molecule has 0 aliphatic carbocycles. The number of rotatable bonds is 5. The van der Waals surface area contributed by atoms with Crippen LogP contribution >= 0.6 is 0 Å². The molecule has 0 aliphatic heterocycles. The quantitative estimate of drug-likeness (QED) is 0.768. The minimum atomic E-state index is -0.220. The molecule has 1 rings (SSSR count). The number of carbonyl (C=O) groups excluding carboxylic acids is 1. The molecule has 0 aromatic heterocycles. The molecule has 0 aliphatic rings. The van der Waals surface area contributed by atoms with E-state index in [0.717, 1.165) is 12.0 Å². The van der Waals surface area contributed by atoms with Crippen LogP contribution in [-0.2, 0) is 0 Å². The zero-order chi connectivity index (χ0) is 13.4. The van der Waals surface area contributed by atoms with Gasteiger partial charge in [-0.3, -0.25) is 0 Å². The topological polar surface area (TPSA) is 41.1 Å². The van der Waals surface area contributed by atoms with Crippen LogP contribution < -0.4 is 10.6 Å². The molecule has 2 amide bonds. The summed E-state index contributed by atoms with van der Waals surface area (Å²) >= 11 is 0. The third-order valence-corrected chi connectivity index (χ3v) is 2.57. The summed E-state index contributed by atoms with van der Waals surface area (Å²) in [7, 11) is 0. The van der Waals surface area contributed by atoms with E-state index in [1.807, 2.05) is 30.3 Å². The Hall–Kier alpha value is -1.95. The van der Waals surface area contributed by atoms with Crippen molar-refractivity contribution in [3.05, 3.63) is 35.9 Å². The van der Waals surface area contributed by atoms with E-state index >= 15 is 0 Å². The molecule has 0 saturated carbocycles. The highest BCUT2D eigenvalue weighted by atomic mass is 16.2. The molecule has 1 unspecified atom stereocenters. The van der Waals surface area contributed by atoms with Crippen LogP contribution in [0.25, 0.3) is 0 Å². The van der Waals surface area contributed by atoms with Gasteiger partial charge in [0.1, 0.15) is 0 Å². The van der Waals surface area contributed by atoms with Crippen molar-refractivity contribution in [3.63, 3.8) is 0 Å². The van der Waals surface area contributed by atoms with Gasteiger partial charge >= 0.3 is 6.03 Å². The first-order chi connectivity index (χ1) is 8.63. The Morgan fingerprint density at radius 1 is 1.33 bits per heavy atom. The lowest BCUT2D eigenvalue weighted by Crippen LogP contribution is -2.38. The summed E-state index contributed by atoms with van der Waals surface area (Å²) in [6.45, 7) is 4.52. The third-order valence-electron chi connectivity index (χ3n) is 2.57. The maximum atomic E-state index is 11.6. The number of terminal acetylenes is 1. The van der Waals surface area contributed by atoms with Gasteiger partial charge in [0.15, 0.2) is 0 Å². The van der Waals surface area contributed by atoms with Gasteiger partial charge in [0, 0.05) is 0 Å². The Labute approximate surface area is 109 Å². The smallest absolute Gasteiger partial charge is 0.316 e. The standard InChI is InChI=1S/C15H20N2O/c1-4-10-16-15(18)17-14(11-12(2)3)13-8-6-5-7-9-13/h1,5-9,12,14H,10-11H2,2-3H3,(H2,16,17,18). The fourth-order valence-corrected chi connectivity index (χ4v) is 1.78. The van der Waals surface area contributed by atoms with Gasteiger partial charge in [-0.05, 0) is 17.9 Å². The first-order valence-corrected chi connectivity index (χ1v) is 6.16. The highest BCUT2D eigenvalue weighted by Gasteiger charge is 2.15. The van der Waals surface area contributed by atoms with Gasteiger partial charge in [-0.25, -0.2) is 4.79 Å². The van der Waals surface area contributed by atoms with Crippen LogP contribution in [0, 0.1) is 18.3 Å². The number of nitrogens with one attached hydrogen (secondary N) is 2. The number of amides is 2. The Morgan fingerprint density at radius 3 is 2.56 bits per heavy atom. The maximum Gasteiger partial charge on any atom is 0.316 e. The second-order valence-corrected chi connectivity index (χ2v) is 4.62. The van der Waals surface area contributed by atoms with Gasteiger partial charge in [-0.15, -0.1) is 6.42 Å². The van der Waals surface area contributed by atoms with E-state index < -0.39 is 0 Å². The van der Waals surface area contributed by atoms with Crippen LogP contribution in [0.2, 0.25) is 0 Å².